The van der Waals surface area contributed by atoms with Crippen molar-refractivity contribution in [2.75, 3.05) is 46.3 Å². The third kappa shape index (κ3) is 3.78. The predicted octanol–water partition coefficient (Wildman–Crippen LogP) is -0.828. The lowest BCUT2D eigenvalue weighted by Crippen LogP contribution is -2.45. The number of aromatic nitrogens is 3. The maximum atomic E-state index is 11.5. The Morgan fingerprint density at radius 2 is 2.22 bits per heavy atom. The Hall–Kier alpha value is -1.47. The van der Waals surface area contributed by atoms with Crippen LogP contribution >= 0.6 is 0 Å². The van der Waals surface area contributed by atoms with E-state index in [-0.39, 0.29) is 5.91 Å². The Labute approximate surface area is 107 Å². The van der Waals surface area contributed by atoms with Gasteiger partial charge >= 0.3 is 0 Å². The zero-order valence-electron chi connectivity index (χ0n) is 10.7. The van der Waals surface area contributed by atoms with Crippen LogP contribution in [-0.2, 0) is 0 Å². The Kier molecular flexibility index (Phi) is 4.66. The molecular weight excluding hydrogens is 232 g/mol. The minimum Gasteiger partial charge on any atom is -0.351 e. The molecule has 0 radical (unpaired) electrons. The molecule has 7 heteroatoms. The normalized spacial score (nSPS) is 17.8. The van der Waals surface area contributed by atoms with Gasteiger partial charge in [0.1, 0.15) is 0 Å². The number of amides is 1. The number of nitrogens with one attached hydrogen (secondary N) is 2. The largest absolute Gasteiger partial charge is 0.351 e. The number of nitrogens with zero attached hydrogens (tertiary/aromatic N) is 4. The first kappa shape index (κ1) is 13.0. The summed E-state index contributed by atoms with van der Waals surface area (Å²) in [7, 11) is 2.15. The molecule has 2 N–H and O–H groups in total. The summed E-state index contributed by atoms with van der Waals surface area (Å²) in [5.41, 5.74) is 0.342. The molecule has 1 aliphatic heterocycles. The van der Waals surface area contributed by atoms with Gasteiger partial charge in [0.2, 0.25) is 0 Å². The van der Waals surface area contributed by atoms with Crippen LogP contribution in [0.2, 0.25) is 0 Å². The van der Waals surface area contributed by atoms with E-state index in [1.807, 2.05) is 0 Å². The van der Waals surface area contributed by atoms with E-state index >= 15 is 0 Å². The molecule has 2 rings (SSSR count). The third-order valence-corrected chi connectivity index (χ3v) is 3.18. The lowest BCUT2D eigenvalue weighted by Gasteiger charge is -2.32. The fourth-order valence-electron chi connectivity index (χ4n) is 1.98. The summed E-state index contributed by atoms with van der Waals surface area (Å²) in [5, 5.41) is 12.6. The van der Waals surface area contributed by atoms with Gasteiger partial charge in [0.15, 0.2) is 5.69 Å². The van der Waals surface area contributed by atoms with Crippen molar-refractivity contribution in [3.63, 3.8) is 0 Å². The molecule has 18 heavy (non-hydrogen) atoms. The van der Waals surface area contributed by atoms with Gasteiger partial charge in [-0.15, -0.1) is 0 Å². The highest BCUT2D eigenvalue weighted by atomic mass is 16.1. The highest BCUT2D eigenvalue weighted by molar-refractivity contribution is 5.91. The molecule has 0 unspecified atom stereocenters. The van der Waals surface area contributed by atoms with Crippen molar-refractivity contribution < 1.29 is 4.79 Å². The standard InChI is InChI=1S/C11H20N6O/c1-16-5-7-17(8-6-16)4-2-3-12-11(18)10-9-13-15-14-10/h9H,2-8H2,1H3,(H,12,18)(H,13,14,15). The molecule has 0 aromatic carbocycles. The van der Waals surface area contributed by atoms with E-state index in [0.29, 0.717) is 12.2 Å². The monoisotopic (exact) mass is 252 g/mol. The Morgan fingerprint density at radius 3 is 2.89 bits per heavy atom. The van der Waals surface area contributed by atoms with E-state index in [1.165, 1.54) is 6.20 Å². The van der Waals surface area contributed by atoms with Crippen molar-refractivity contribution in [1.82, 2.24) is 30.5 Å². The predicted molar refractivity (Wildman–Crippen MR) is 67.3 cm³/mol. The van der Waals surface area contributed by atoms with E-state index in [4.69, 9.17) is 0 Å². The number of rotatable bonds is 5. The van der Waals surface area contributed by atoms with Gasteiger partial charge in [-0.2, -0.15) is 15.4 Å². The van der Waals surface area contributed by atoms with Gasteiger partial charge in [-0.25, -0.2) is 0 Å². The van der Waals surface area contributed by atoms with E-state index in [1.54, 1.807) is 0 Å². The van der Waals surface area contributed by atoms with Crippen molar-refractivity contribution in [2.24, 2.45) is 0 Å². The van der Waals surface area contributed by atoms with E-state index in [0.717, 1.165) is 39.1 Å². The third-order valence-electron chi connectivity index (χ3n) is 3.18. The second kappa shape index (κ2) is 6.46. The Morgan fingerprint density at radius 1 is 1.44 bits per heavy atom. The van der Waals surface area contributed by atoms with Crippen molar-refractivity contribution in [3.05, 3.63) is 11.9 Å². The van der Waals surface area contributed by atoms with Gasteiger partial charge in [0.25, 0.3) is 5.91 Å². The molecule has 1 aromatic heterocycles. The number of hydrogen-bond donors (Lipinski definition) is 2. The number of H-pyrrole nitrogens is 1. The molecule has 0 saturated carbocycles. The summed E-state index contributed by atoms with van der Waals surface area (Å²) in [6.07, 6.45) is 2.39. The van der Waals surface area contributed by atoms with Crippen LogP contribution in [0.25, 0.3) is 0 Å². The molecule has 2 heterocycles. The minimum atomic E-state index is -0.165. The van der Waals surface area contributed by atoms with Gasteiger partial charge in [0, 0.05) is 32.7 Å². The minimum absolute atomic E-state index is 0.165. The number of carbonyl (C=O) groups excluding carboxylic acids is 1. The maximum absolute atomic E-state index is 11.5. The molecule has 0 bridgehead atoms. The summed E-state index contributed by atoms with van der Waals surface area (Å²) < 4.78 is 0. The van der Waals surface area contributed by atoms with E-state index < -0.39 is 0 Å². The maximum Gasteiger partial charge on any atom is 0.273 e. The van der Waals surface area contributed by atoms with Crippen LogP contribution in [0.5, 0.6) is 0 Å². The molecule has 7 nitrogen and oxygen atoms in total. The number of piperazine rings is 1. The molecule has 1 amide bonds. The molecular formula is C11H20N6O. The number of hydrogen-bond acceptors (Lipinski definition) is 5. The summed E-state index contributed by atoms with van der Waals surface area (Å²) in [6.45, 7) is 6.21. The molecule has 0 atom stereocenters. The zero-order valence-corrected chi connectivity index (χ0v) is 10.7. The van der Waals surface area contributed by atoms with Crippen molar-refractivity contribution >= 4 is 5.91 Å². The molecule has 1 fully saturated rings. The van der Waals surface area contributed by atoms with Crippen LogP contribution in [-0.4, -0.2) is 77.4 Å². The highest BCUT2D eigenvalue weighted by Crippen LogP contribution is 1.99. The highest BCUT2D eigenvalue weighted by Gasteiger charge is 2.13. The molecule has 0 aliphatic carbocycles. The lowest BCUT2D eigenvalue weighted by atomic mass is 10.3. The van der Waals surface area contributed by atoms with Crippen molar-refractivity contribution in [3.8, 4) is 0 Å². The van der Waals surface area contributed by atoms with Crippen molar-refractivity contribution in [1.29, 1.82) is 0 Å². The topological polar surface area (TPSA) is 77.1 Å². The first-order chi connectivity index (χ1) is 8.75. The summed E-state index contributed by atoms with van der Waals surface area (Å²) in [6, 6.07) is 0. The van der Waals surface area contributed by atoms with Crippen LogP contribution in [0.3, 0.4) is 0 Å². The zero-order chi connectivity index (χ0) is 12.8. The number of aromatic amines is 1. The first-order valence-electron chi connectivity index (χ1n) is 6.30. The number of likely N-dealkylation sites (N-methyl/N-ethyl adjacent to an activating group) is 1. The average molecular weight is 252 g/mol. The van der Waals surface area contributed by atoms with Crippen LogP contribution in [0, 0.1) is 0 Å². The van der Waals surface area contributed by atoms with Gasteiger partial charge in [-0.05, 0) is 20.0 Å². The first-order valence-corrected chi connectivity index (χ1v) is 6.30. The molecule has 0 spiro atoms. The summed E-state index contributed by atoms with van der Waals surface area (Å²) in [4.78, 5) is 16.3. The van der Waals surface area contributed by atoms with Crippen LogP contribution in [0.4, 0.5) is 0 Å². The average Bonchev–Trinajstić information content (AvgIpc) is 2.90. The second-order valence-corrected chi connectivity index (χ2v) is 4.61. The lowest BCUT2D eigenvalue weighted by molar-refractivity contribution is 0.0944. The summed E-state index contributed by atoms with van der Waals surface area (Å²) in [5.74, 6) is -0.165. The van der Waals surface area contributed by atoms with Gasteiger partial charge in [-0.1, -0.05) is 0 Å². The SMILES string of the molecule is CN1CCN(CCCNC(=O)c2cn[nH]n2)CC1. The Balaban J connectivity index is 1.57. The molecule has 1 saturated heterocycles. The molecule has 1 aliphatic rings. The Bertz CT molecular complexity index is 358. The second-order valence-electron chi connectivity index (χ2n) is 4.61. The fraction of sp³-hybridized carbons (Fsp3) is 0.727. The van der Waals surface area contributed by atoms with Crippen LogP contribution in [0.15, 0.2) is 6.20 Å². The van der Waals surface area contributed by atoms with Crippen molar-refractivity contribution in [2.45, 2.75) is 6.42 Å². The quantitative estimate of drug-likeness (QED) is 0.669. The summed E-state index contributed by atoms with van der Waals surface area (Å²) >= 11 is 0. The molecule has 1 aromatic rings. The van der Waals surface area contributed by atoms with E-state index in [9.17, 15) is 4.79 Å². The molecule has 100 valence electrons. The smallest absolute Gasteiger partial charge is 0.273 e. The van der Waals surface area contributed by atoms with Gasteiger partial charge in [0.05, 0.1) is 6.20 Å². The van der Waals surface area contributed by atoms with Crippen LogP contribution < -0.4 is 5.32 Å². The van der Waals surface area contributed by atoms with Gasteiger partial charge in [-0.3, -0.25) is 4.79 Å². The van der Waals surface area contributed by atoms with Gasteiger partial charge < -0.3 is 15.1 Å². The number of carbonyl (C=O) groups is 1. The fourth-order valence-corrected chi connectivity index (χ4v) is 1.98. The van der Waals surface area contributed by atoms with E-state index in [2.05, 4.69) is 37.6 Å². The van der Waals surface area contributed by atoms with Crippen LogP contribution in [0.1, 0.15) is 16.9 Å².